The molecule has 1 aromatic carbocycles. The lowest BCUT2D eigenvalue weighted by molar-refractivity contribution is 0.102. The first-order valence-electron chi connectivity index (χ1n) is 4.85. The molecule has 0 aliphatic rings. The lowest BCUT2D eigenvalue weighted by Crippen LogP contribution is -2.14. The molecule has 0 saturated carbocycles. The summed E-state index contributed by atoms with van der Waals surface area (Å²) in [6, 6.07) is 7.78. The predicted octanol–water partition coefficient (Wildman–Crippen LogP) is 1.81. The number of hydrogen-bond acceptors (Lipinski definition) is 2. The summed E-state index contributed by atoms with van der Waals surface area (Å²) in [5.41, 5.74) is 1.94. The summed E-state index contributed by atoms with van der Waals surface area (Å²) in [6.07, 6.45) is 4.18. The van der Waals surface area contributed by atoms with Crippen molar-refractivity contribution in [2.75, 3.05) is 37.3 Å². The molecule has 0 radical (unpaired) electrons. The molecular formula is C12H18NOS+. The molecule has 82 valence electrons. The van der Waals surface area contributed by atoms with Gasteiger partial charge in [-0.15, -0.1) is 0 Å². The van der Waals surface area contributed by atoms with Crippen molar-refractivity contribution in [3.8, 4) is 0 Å². The third-order valence-electron chi connectivity index (χ3n) is 2.13. The van der Waals surface area contributed by atoms with Gasteiger partial charge in [-0.1, -0.05) is 0 Å². The Morgan fingerprint density at radius 2 is 1.73 bits per heavy atom. The van der Waals surface area contributed by atoms with Gasteiger partial charge >= 0.3 is 0 Å². The van der Waals surface area contributed by atoms with E-state index in [9.17, 15) is 4.79 Å². The SMILES string of the molecule is CN(C)c1ccc(C(=O)C[S+](C)C)cc1. The summed E-state index contributed by atoms with van der Waals surface area (Å²) in [7, 11) is 4.16. The number of anilines is 1. The Morgan fingerprint density at radius 1 is 1.20 bits per heavy atom. The van der Waals surface area contributed by atoms with Crippen LogP contribution in [0.3, 0.4) is 0 Å². The number of benzene rings is 1. The third kappa shape index (κ3) is 3.59. The van der Waals surface area contributed by atoms with E-state index in [0.717, 1.165) is 11.3 Å². The van der Waals surface area contributed by atoms with Crippen LogP contribution in [0.4, 0.5) is 5.69 Å². The second-order valence-electron chi connectivity index (χ2n) is 3.99. The van der Waals surface area contributed by atoms with Crippen LogP contribution in [0.25, 0.3) is 0 Å². The summed E-state index contributed by atoms with van der Waals surface area (Å²) in [4.78, 5) is 13.8. The quantitative estimate of drug-likeness (QED) is 0.574. The van der Waals surface area contributed by atoms with E-state index in [1.54, 1.807) is 0 Å². The maximum atomic E-state index is 11.7. The van der Waals surface area contributed by atoms with E-state index in [4.69, 9.17) is 0 Å². The first-order valence-corrected chi connectivity index (χ1v) is 7.06. The van der Waals surface area contributed by atoms with Crippen LogP contribution in [0.15, 0.2) is 24.3 Å². The fourth-order valence-electron chi connectivity index (χ4n) is 1.29. The number of ketones is 1. The van der Waals surface area contributed by atoms with Gasteiger partial charge in [-0.3, -0.25) is 4.79 Å². The minimum Gasteiger partial charge on any atom is -0.378 e. The molecule has 0 spiro atoms. The molecule has 2 nitrogen and oxygen atoms in total. The Labute approximate surface area is 94.6 Å². The number of carbonyl (C=O) groups excluding carboxylic acids is 1. The zero-order chi connectivity index (χ0) is 11.4. The van der Waals surface area contributed by atoms with Gasteiger partial charge < -0.3 is 4.90 Å². The van der Waals surface area contributed by atoms with Gasteiger partial charge in [0.15, 0.2) is 5.75 Å². The highest BCUT2D eigenvalue weighted by Crippen LogP contribution is 2.12. The fraction of sp³-hybridized carbons (Fsp3) is 0.417. The predicted molar refractivity (Wildman–Crippen MR) is 69.2 cm³/mol. The van der Waals surface area contributed by atoms with E-state index in [1.807, 2.05) is 43.3 Å². The van der Waals surface area contributed by atoms with Gasteiger partial charge in [0.25, 0.3) is 0 Å². The molecule has 0 unspecified atom stereocenters. The Hall–Kier alpha value is -0.960. The Morgan fingerprint density at radius 3 is 2.13 bits per heavy atom. The summed E-state index contributed by atoms with van der Waals surface area (Å²) < 4.78 is 0. The second-order valence-corrected chi connectivity index (χ2v) is 6.25. The summed E-state index contributed by atoms with van der Waals surface area (Å²) in [5.74, 6) is 0.898. The highest BCUT2D eigenvalue weighted by Gasteiger charge is 2.13. The van der Waals surface area contributed by atoms with Crippen molar-refractivity contribution >= 4 is 22.4 Å². The van der Waals surface area contributed by atoms with Crippen molar-refractivity contribution < 1.29 is 4.79 Å². The molecule has 1 rings (SSSR count). The van der Waals surface area contributed by atoms with E-state index in [0.29, 0.717) is 5.75 Å². The molecule has 0 aliphatic carbocycles. The molecular weight excluding hydrogens is 206 g/mol. The molecule has 0 heterocycles. The van der Waals surface area contributed by atoms with Gasteiger partial charge in [-0.2, -0.15) is 0 Å². The molecule has 0 amide bonds. The van der Waals surface area contributed by atoms with Crippen molar-refractivity contribution in [3.63, 3.8) is 0 Å². The summed E-state index contributed by atoms with van der Waals surface area (Å²) in [6.45, 7) is 0. The van der Waals surface area contributed by atoms with Gasteiger partial charge in [0, 0.05) is 25.3 Å². The average Bonchev–Trinajstić information content (AvgIpc) is 2.17. The highest BCUT2D eigenvalue weighted by molar-refractivity contribution is 7.96. The van der Waals surface area contributed by atoms with Crippen LogP contribution in [-0.2, 0) is 10.9 Å². The van der Waals surface area contributed by atoms with Crippen molar-refractivity contribution in [2.24, 2.45) is 0 Å². The first kappa shape index (κ1) is 12.1. The van der Waals surface area contributed by atoms with E-state index in [2.05, 4.69) is 12.5 Å². The van der Waals surface area contributed by atoms with Crippen LogP contribution in [-0.4, -0.2) is 38.1 Å². The number of carbonyl (C=O) groups is 1. The molecule has 1 aromatic rings. The van der Waals surface area contributed by atoms with Crippen molar-refractivity contribution in [3.05, 3.63) is 29.8 Å². The maximum absolute atomic E-state index is 11.7. The second kappa shape index (κ2) is 5.21. The Kier molecular flexibility index (Phi) is 4.21. The topological polar surface area (TPSA) is 20.3 Å². The summed E-state index contributed by atoms with van der Waals surface area (Å²) >= 11 is 0. The Bertz CT molecular complexity index is 330. The fourth-order valence-corrected chi connectivity index (χ4v) is 1.98. The zero-order valence-corrected chi connectivity index (χ0v) is 10.6. The van der Waals surface area contributed by atoms with Gasteiger partial charge in [0.1, 0.15) is 0 Å². The molecule has 0 aromatic heterocycles. The molecule has 0 saturated heterocycles. The number of hydrogen-bond donors (Lipinski definition) is 0. The minimum absolute atomic E-state index is 0.180. The monoisotopic (exact) mass is 224 g/mol. The molecule has 0 fully saturated rings. The largest absolute Gasteiger partial charge is 0.378 e. The van der Waals surface area contributed by atoms with E-state index >= 15 is 0 Å². The normalized spacial score (nSPS) is 10.5. The molecule has 3 heteroatoms. The molecule has 0 atom stereocenters. The van der Waals surface area contributed by atoms with Gasteiger partial charge in [0.2, 0.25) is 5.78 Å². The number of nitrogens with zero attached hydrogens (tertiary/aromatic N) is 1. The molecule has 0 aliphatic heterocycles. The summed E-state index contributed by atoms with van der Waals surface area (Å²) in [5, 5.41) is 0. The average molecular weight is 224 g/mol. The van der Waals surface area contributed by atoms with Gasteiger partial charge in [-0.05, 0) is 35.2 Å². The maximum Gasteiger partial charge on any atom is 0.211 e. The zero-order valence-electron chi connectivity index (χ0n) is 9.78. The van der Waals surface area contributed by atoms with Crippen LogP contribution in [0.2, 0.25) is 0 Å². The van der Waals surface area contributed by atoms with E-state index in [-0.39, 0.29) is 16.7 Å². The number of Topliss-reactive ketones (excluding diaryl/α,β-unsaturated/α-hetero) is 1. The standard InChI is InChI=1S/C12H18NOS/c1-13(2)11-7-5-10(6-8-11)12(14)9-15(3)4/h5-8H,9H2,1-4H3/q+1. The van der Waals surface area contributed by atoms with Crippen LogP contribution >= 0.6 is 0 Å². The first-order chi connectivity index (χ1) is 7.00. The van der Waals surface area contributed by atoms with Crippen molar-refractivity contribution in [1.82, 2.24) is 0 Å². The highest BCUT2D eigenvalue weighted by atomic mass is 32.2. The van der Waals surface area contributed by atoms with Crippen LogP contribution in [0.5, 0.6) is 0 Å². The van der Waals surface area contributed by atoms with E-state index < -0.39 is 0 Å². The van der Waals surface area contributed by atoms with Crippen LogP contribution in [0, 0.1) is 0 Å². The lowest BCUT2D eigenvalue weighted by Gasteiger charge is -2.12. The smallest absolute Gasteiger partial charge is 0.211 e. The number of rotatable bonds is 4. The lowest BCUT2D eigenvalue weighted by atomic mass is 10.1. The molecule has 0 bridgehead atoms. The van der Waals surface area contributed by atoms with Gasteiger partial charge in [0.05, 0.1) is 12.5 Å². The molecule has 15 heavy (non-hydrogen) atoms. The Balaban J connectivity index is 2.75. The minimum atomic E-state index is 0.180. The third-order valence-corrected chi connectivity index (χ3v) is 2.96. The van der Waals surface area contributed by atoms with Crippen molar-refractivity contribution in [1.29, 1.82) is 0 Å². The van der Waals surface area contributed by atoms with Crippen molar-refractivity contribution in [2.45, 2.75) is 0 Å². The van der Waals surface area contributed by atoms with E-state index in [1.165, 1.54) is 0 Å². The van der Waals surface area contributed by atoms with Crippen LogP contribution in [0.1, 0.15) is 10.4 Å². The van der Waals surface area contributed by atoms with Crippen LogP contribution < -0.4 is 4.90 Å². The molecule has 0 N–H and O–H groups in total. The van der Waals surface area contributed by atoms with Gasteiger partial charge in [-0.25, -0.2) is 0 Å².